The summed E-state index contributed by atoms with van der Waals surface area (Å²) in [5, 5.41) is 44.6. The fraction of sp³-hybridized carbons (Fsp3) is 0.452. The molecule has 5 rings (SSSR count). The molecule has 4 heterocycles. The molecule has 1 aromatic heterocycles. The Morgan fingerprint density at radius 2 is 1.85 bits per heavy atom. The molecule has 16 nitrogen and oxygen atoms in total. The Morgan fingerprint density at radius 3 is 2.46 bits per heavy atom. The van der Waals surface area contributed by atoms with Crippen molar-refractivity contribution >= 4 is 98.3 Å². The molecule has 3 aliphatic rings. The molecule has 7 N–H and O–H groups in total. The van der Waals surface area contributed by atoms with Gasteiger partial charge in [-0.1, -0.05) is 51.3 Å². The molecule has 2 unspecified atom stereocenters. The molecule has 0 bridgehead atoms. The number of thiazole rings is 1. The summed E-state index contributed by atoms with van der Waals surface area (Å²) in [5.74, 6) is -6.55. The number of nitrogen functional groups attached to an aromatic ring is 1. The number of hydrogen-bond acceptors (Lipinski definition) is 13. The van der Waals surface area contributed by atoms with E-state index in [1.54, 1.807) is 0 Å². The number of aromatic hydroxyl groups is 2. The summed E-state index contributed by atoms with van der Waals surface area (Å²) < 4.78 is 0.455. The van der Waals surface area contributed by atoms with Gasteiger partial charge in [0.15, 0.2) is 28.1 Å². The molecule has 0 radical (unpaired) electrons. The molecule has 3 aliphatic heterocycles. The molecule has 0 spiro atoms. The summed E-state index contributed by atoms with van der Waals surface area (Å²) >= 11 is 20.4. The van der Waals surface area contributed by atoms with E-state index in [1.165, 1.54) is 23.6 Å². The van der Waals surface area contributed by atoms with Crippen LogP contribution in [-0.4, -0.2) is 120 Å². The standard InChI is InChI=1S/C31H33Cl3N6O10S2/c1-13(29(46)47)50-38-20(21-25(34)52-31(35)37-21)18(41)10-16-27(45)39-22(30(48)49)14(12-51-28(16)39)11-40(6-3-2-4-7-40)8-5-36-26(44)15-9-17(32)23(42)24(43)19(15)33/h9,13,16,28H,2-8,10-12H2,1H3,(H6-,35,36,37,38,41,42,43,44,46,47,48,49)/p+1/t13-,16?,28?/m0/s1. The average molecular weight is 821 g/mol. The van der Waals surface area contributed by atoms with E-state index in [1.807, 2.05) is 0 Å². The van der Waals surface area contributed by atoms with Gasteiger partial charge >= 0.3 is 11.9 Å². The number of carboxylic acids is 2. The van der Waals surface area contributed by atoms with Crippen LogP contribution in [0.15, 0.2) is 22.5 Å². The van der Waals surface area contributed by atoms with Crippen LogP contribution in [0.5, 0.6) is 11.5 Å². The molecule has 2 aromatic rings. The average Bonchev–Trinajstić information content (AvgIpc) is 3.44. The number of ketones is 1. The zero-order valence-corrected chi connectivity index (χ0v) is 31.3. The molecule has 52 heavy (non-hydrogen) atoms. The van der Waals surface area contributed by atoms with Gasteiger partial charge in [-0.25, -0.2) is 14.6 Å². The van der Waals surface area contributed by atoms with Gasteiger partial charge in [0, 0.05) is 17.7 Å². The number of carbonyl (C=O) groups excluding carboxylic acids is 3. The molecular weight excluding hydrogens is 787 g/mol. The molecule has 2 saturated heterocycles. The van der Waals surface area contributed by atoms with E-state index in [0.717, 1.165) is 36.7 Å². The second-order valence-corrected chi connectivity index (χ2v) is 16.0. The minimum absolute atomic E-state index is 0.00713. The van der Waals surface area contributed by atoms with E-state index >= 15 is 0 Å². The number of nitrogens with one attached hydrogen (secondary N) is 1. The predicted molar refractivity (Wildman–Crippen MR) is 193 cm³/mol. The SMILES string of the molecule is C[C@H](O/N=C(\C(=O)CC1C(=O)N2C(C(=O)O)=C(C[N+]3(CCNC(=O)c4cc(Cl)c(O)c(O)c4Cl)CCCCC3)CSC12)c1nc(N)sc1Cl)C(=O)O. The van der Waals surface area contributed by atoms with Crippen LogP contribution in [0, 0.1) is 5.92 Å². The highest BCUT2D eigenvalue weighted by Gasteiger charge is 2.55. The number of nitrogens with two attached hydrogens (primary N) is 1. The second kappa shape index (κ2) is 16.1. The smallest absolute Gasteiger partial charge is 0.352 e. The molecule has 0 saturated carbocycles. The maximum absolute atomic E-state index is 13.6. The van der Waals surface area contributed by atoms with Crippen LogP contribution in [0.25, 0.3) is 0 Å². The number of anilines is 1. The number of likely N-dealkylation sites (tertiary alicyclic amines) is 1. The number of carbonyl (C=O) groups is 5. The number of thioether (sulfide) groups is 1. The number of quaternary nitrogens is 1. The van der Waals surface area contributed by atoms with Crippen molar-refractivity contribution in [3.8, 4) is 11.5 Å². The van der Waals surface area contributed by atoms with Crippen molar-refractivity contribution in [2.45, 2.75) is 44.1 Å². The summed E-state index contributed by atoms with van der Waals surface area (Å²) in [6.07, 6.45) is 0.905. The first-order valence-electron chi connectivity index (χ1n) is 15.9. The van der Waals surface area contributed by atoms with Gasteiger partial charge in [0.1, 0.15) is 22.3 Å². The Hall–Kier alpha value is -3.81. The van der Waals surface area contributed by atoms with Crippen LogP contribution in [0.1, 0.15) is 48.7 Å². The minimum atomic E-state index is -1.41. The van der Waals surface area contributed by atoms with E-state index in [0.29, 0.717) is 36.2 Å². The highest BCUT2D eigenvalue weighted by atomic mass is 35.5. The lowest BCUT2D eigenvalue weighted by Gasteiger charge is -2.50. The number of oxime groups is 1. The number of piperidine rings is 1. The number of aliphatic carboxylic acids is 2. The van der Waals surface area contributed by atoms with Gasteiger partial charge in [0.05, 0.1) is 53.1 Å². The van der Waals surface area contributed by atoms with Gasteiger partial charge in [-0.3, -0.25) is 19.3 Å². The van der Waals surface area contributed by atoms with Crippen LogP contribution in [0.2, 0.25) is 14.4 Å². The normalized spacial score (nSPS) is 20.5. The Morgan fingerprint density at radius 1 is 1.15 bits per heavy atom. The second-order valence-electron chi connectivity index (χ2n) is 12.5. The fourth-order valence-corrected chi connectivity index (χ4v) is 9.18. The van der Waals surface area contributed by atoms with Crippen LogP contribution in [0.4, 0.5) is 5.13 Å². The molecule has 3 atom stereocenters. The quantitative estimate of drug-likeness (QED) is 0.0526. The maximum Gasteiger partial charge on any atom is 0.352 e. The van der Waals surface area contributed by atoms with Gasteiger partial charge in [-0.2, -0.15) is 0 Å². The van der Waals surface area contributed by atoms with E-state index < -0.39 is 70.6 Å². The van der Waals surface area contributed by atoms with Crippen LogP contribution in [-0.2, 0) is 24.0 Å². The van der Waals surface area contributed by atoms with E-state index in [-0.39, 0.29) is 48.8 Å². The number of amides is 2. The highest BCUT2D eigenvalue weighted by molar-refractivity contribution is 8.00. The number of phenols is 2. The summed E-state index contributed by atoms with van der Waals surface area (Å²) in [5.41, 5.74) is 5.48. The summed E-state index contributed by atoms with van der Waals surface area (Å²) in [6.45, 7) is 3.50. The number of Topliss-reactive ketones (excluding diaryl/α,β-unsaturated/α-hetero) is 1. The number of carboxylic acid groups (broad SMARTS) is 2. The predicted octanol–water partition coefficient (Wildman–Crippen LogP) is 3.55. The fourth-order valence-electron chi connectivity index (χ4n) is 6.42. The third kappa shape index (κ3) is 8.06. The van der Waals surface area contributed by atoms with Crippen molar-refractivity contribution in [3.05, 3.63) is 43.0 Å². The zero-order chi connectivity index (χ0) is 38.1. The van der Waals surface area contributed by atoms with Crippen molar-refractivity contribution in [1.82, 2.24) is 15.2 Å². The summed E-state index contributed by atoms with van der Waals surface area (Å²) in [7, 11) is 0. The summed E-state index contributed by atoms with van der Waals surface area (Å²) in [6, 6.07) is 1.15. The molecular formula is C31H34Cl3N6O10S2+. The molecule has 0 aliphatic carbocycles. The molecule has 2 fully saturated rings. The lowest BCUT2D eigenvalue weighted by molar-refractivity contribution is -0.927. The molecule has 1 aromatic carbocycles. The third-order valence-electron chi connectivity index (χ3n) is 9.08. The Kier molecular flexibility index (Phi) is 12.2. The van der Waals surface area contributed by atoms with Gasteiger partial charge < -0.3 is 40.8 Å². The molecule has 2 amide bonds. The van der Waals surface area contributed by atoms with Crippen LogP contribution in [0.3, 0.4) is 0 Å². The van der Waals surface area contributed by atoms with E-state index in [2.05, 4.69) is 15.5 Å². The number of rotatable bonds is 14. The van der Waals surface area contributed by atoms with Gasteiger partial charge in [-0.15, -0.1) is 11.8 Å². The van der Waals surface area contributed by atoms with Gasteiger partial charge in [0.25, 0.3) is 5.91 Å². The molecule has 280 valence electrons. The lowest BCUT2D eigenvalue weighted by Crippen LogP contribution is -2.63. The monoisotopic (exact) mass is 819 g/mol. The van der Waals surface area contributed by atoms with Crippen molar-refractivity contribution < 1.29 is 53.7 Å². The van der Waals surface area contributed by atoms with E-state index in [4.69, 9.17) is 45.4 Å². The van der Waals surface area contributed by atoms with Crippen LogP contribution >= 0.6 is 57.9 Å². The first-order chi connectivity index (χ1) is 24.5. The number of halogens is 3. The van der Waals surface area contributed by atoms with Crippen molar-refractivity contribution in [2.24, 2.45) is 11.1 Å². The minimum Gasteiger partial charge on any atom is -0.503 e. The topological polar surface area (TPSA) is 242 Å². The first kappa shape index (κ1) is 39.4. The Labute approximate surface area is 319 Å². The number of benzene rings is 1. The summed E-state index contributed by atoms with van der Waals surface area (Å²) in [4.78, 5) is 74.2. The number of nitrogens with zero attached hydrogens (tertiary/aromatic N) is 4. The van der Waals surface area contributed by atoms with Gasteiger partial charge in [0.2, 0.25) is 12.0 Å². The number of hydrogen-bond donors (Lipinski definition) is 6. The van der Waals surface area contributed by atoms with Crippen LogP contribution < -0.4 is 11.1 Å². The van der Waals surface area contributed by atoms with E-state index in [9.17, 15) is 44.4 Å². The number of phenolic OH excluding ortho intramolecular Hbond substituents is 2. The molecule has 21 heteroatoms. The Balaban J connectivity index is 1.32. The first-order valence-corrected chi connectivity index (χ1v) is 18.9. The largest absolute Gasteiger partial charge is 0.503 e. The van der Waals surface area contributed by atoms with Crippen molar-refractivity contribution in [3.63, 3.8) is 0 Å². The highest BCUT2D eigenvalue weighted by Crippen LogP contribution is 2.46. The maximum atomic E-state index is 13.6. The number of fused-ring (bicyclic) bond motifs is 1. The van der Waals surface area contributed by atoms with Crippen molar-refractivity contribution in [1.29, 1.82) is 0 Å². The lowest BCUT2D eigenvalue weighted by atomic mass is 9.89. The number of aromatic nitrogens is 1. The van der Waals surface area contributed by atoms with Gasteiger partial charge in [-0.05, 0) is 32.3 Å². The third-order valence-corrected chi connectivity index (χ3v) is 12.2. The Bertz CT molecular complexity index is 1880. The zero-order valence-electron chi connectivity index (χ0n) is 27.4. The van der Waals surface area contributed by atoms with Crippen molar-refractivity contribution in [2.75, 3.05) is 44.2 Å². The number of β-lactam (4-membered cyclic amide) rings is 1.